The molecule has 0 spiro atoms. The van der Waals surface area contributed by atoms with Crippen LogP contribution in [0.15, 0.2) is 0 Å². The summed E-state index contributed by atoms with van der Waals surface area (Å²) >= 11 is 0. The van der Waals surface area contributed by atoms with Gasteiger partial charge >= 0.3 is 0 Å². The molecule has 114 valence electrons. The minimum atomic E-state index is 0.381. The first-order valence-corrected chi connectivity index (χ1v) is 8.99. The Hall–Kier alpha value is -0.0400. The summed E-state index contributed by atoms with van der Waals surface area (Å²) in [5, 5.41) is 8.73. The Morgan fingerprint density at radius 3 is 1.68 bits per heavy atom. The molecule has 1 aliphatic rings. The van der Waals surface area contributed by atoms with Gasteiger partial charge in [-0.15, -0.1) is 0 Å². The maximum absolute atomic E-state index is 8.73. The normalized spacial score (nSPS) is 21.8. The van der Waals surface area contributed by atoms with E-state index in [-0.39, 0.29) is 0 Å². The number of unbranched alkanes of at least 4 members (excludes halogenated alkanes) is 9. The van der Waals surface area contributed by atoms with E-state index in [2.05, 4.69) is 6.92 Å². The van der Waals surface area contributed by atoms with Crippen molar-refractivity contribution in [2.75, 3.05) is 6.61 Å². The quantitative estimate of drug-likeness (QED) is 0.400. The zero-order valence-corrected chi connectivity index (χ0v) is 13.2. The maximum Gasteiger partial charge on any atom is 0.0431 e. The van der Waals surface area contributed by atoms with Gasteiger partial charge in [-0.1, -0.05) is 84.0 Å². The van der Waals surface area contributed by atoms with E-state index in [4.69, 9.17) is 5.11 Å². The molecular formula is C18H36O. The molecule has 0 aliphatic heterocycles. The molecular weight excluding hydrogens is 232 g/mol. The molecule has 1 N–H and O–H groups in total. The van der Waals surface area contributed by atoms with Gasteiger partial charge in [0.2, 0.25) is 0 Å². The Morgan fingerprint density at radius 1 is 0.684 bits per heavy atom. The monoisotopic (exact) mass is 268 g/mol. The van der Waals surface area contributed by atoms with Crippen molar-refractivity contribution in [2.24, 2.45) is 11.8 Å². The van der Waals surface area contributed by atoms with Crippen LogP contribution in [0.4, 0.5) is 0 Å². The third kappa shape index (κ3) is 9.49. The molecule has 0 aromatic rings. The van der Waals surface area contributed by atoms with Gasteiger partial charge < -0.3 is 5.11 Å². The molecule has 0 bridgehead atoms. The van der Waals surface area contributed by atoms with E-state index in [0.717, 1.165) is 18.3 Å². The van der Waals surface area contributed by atoms with Gasteiger partial charge in [0.05, 0.1) is 0 Å². The number of aliphatic hydroxyl groups is 1. The molecule has 1 fully saturated rings. The fraction of sp³-hybridized carbons (Fsp3) is 1.00. The molecule has 19 heavy (non-hydrogen) atoms. The number of hydrogen-bond donors (Lipinski definition) is 1. The Bertz CT molecular complexity index is 190. The second kappa shape index (κ2) is 11.8. The largest absolute Gasteiger partial charge is 0.396 e. The SMILES string of the molecule is CCCCCCCCCC[C@@H]1C[C@@H]1CCCCCO. The number of aliphatic hydroxyl groups excluding tert-OH is 1. The molecule has 1 aliphatic carbocycles. The molecule has 0 saturated heterocycles. The second-order valence-corrected chi connectivity index (χ2v) is 6.59. The lowest BCUT2D eigenvalue weighted by molar-refractivity contribution is 0.282. The first-order chi connectivity index (χ1) is 9.38. The highest BCUT2D eigenvalue weighted by molar-refractivity contribution is 4.85. The number of hydrogen-bond acceptors (Lipinski definition) is 1. The van der Waals surface area contributed by atoms with E-state index in [0.29, 0.717) is 6.61 Å². The summed E-state index contributed by atoms with van der Waals surface area (Å²) in [6.07, 6.45) is 19.6. The molecule has 0 heterocycles. The van der Waals surface area contributed by atoms with Crippen LogP contribution in [0.25, 0.3) is 0 Å². The van der Waals surface area contributed by atoms with Gasteiger partial charge in [-0.3, -0.25) is 0 Å². The van der Waals surface area contributed by atoms with E-state index >= 15 is 0 Å². The molecule has 0 radical (unpaired) electrons. The van der Waals surface area contributed by atoms with Crippen molar-refractivity contribution in [1.82, 2.24) is 0 Å². The standard InChI is InChI=1S/C18H36O/c1-2-3-4-5-6-7-8-10-13-17-16-18(17)14-11-9-12-15-19/h17-19H,2-16H2,1H3/t17-,18+/m1/s1. The summed E-state index contributed by atoms with van der Waals surface area (Å²) in [6, 6.07) is 0. The predicted molar refractivity (Wildman–Crippen MR) is 84.4 cm³/mol. The Balaban J connectivity index is 1.74. The van der Waals surface area contributed by atoms with E-state index < -0.39 is 0 Å². The van der Waals surface area contributed by atoms with Crippen molar-refractivity contribution in [2.45, 2.75) is 96.8 Å². The van der Waals surface area contributed by atoms with Gasteiger partial charge in [0, 0.05) is 6.61 Å². The van der Waals surface area contributed by atoms with Crippen molar-refractivity contribution in [3.63, 3.8) is 0 Å². The zero-order valence-electron chi connectivity index (χ0n) is 13.2. The molecule has 0 amide bonds. The van der Waals surface area contributed by atoms with Crippen LogP contribution in [0.3, 0.4) is 0 Å². The lowest BCUT2D eigenvalue weighted by Gasteiger charge is -2.02. The summed E-state index contributed by atoms with van der Waals surface area (Å²) in [5.74, 6) is 2.14. The van der Waals surface area contributed by atoms with Crippen molar-refractivity contribution >= 4 is 0 Å². The minimum absolute atomic E-state index is 0.381. The predicted octanol–water partition coefficient (Wildman–Crippen LogP) is 5.71. The van der Waals surface area contributed by atoms with Crippen molar-refractivity contribution < 1.29 is 5.11 Å². The van der Waals surface area contributed by atoms with Crippen molar-refractivity contribution in [3.8, 4) is 0 Å². The van der Waals surface area contributed by atoms with Gasteiger partial charge in [-0.05, 0) is 24.7 Å². The van der Waals surface area contributed by atoms with E-state index in [1.54, 1.807) is 0 Å². The molecule has 1 rings (SSSR count). The lowest BCUT2D eigenvalue weighted by atomic mass is 10.0. The van der Waals surface area contributed by atoms with Gasteiger partial charge in [-0.2, -0.15) is 0 Å². The molecule has 0 unspecified atom stereocenters. The summed E-state index contributed by atoms with van der Waals surface area (Å²) in [5.41, 5.74) is 0. The highest BCUT2D eigenvalue weighted by atomic mass is 16.2. The fourth-order valence-corrected chi connectivity index (χ4v) is 3.25. The highest BCUT2D eigenvalue weighted by Crippen LogP contribution is 2.45. The third-order valence-corrected chi connectivity index (χ3v) is 4.73. The van der Waals surface area contributed by atoms with E-state index in [1.165, 1.54) is 83.5 Å². The van der Waals surface area contributed by atoms with E-state index in [9.17, 15) is 0 Å². The summed E-state index contributed by atoms with van der Waals surface area (Å²) < 4.78 is 0. The van der Waals surface area contributed by atoms with Crippen LogP contribution in [0, 0.1) is 11.8 Å². The smallest absolute Gasteiger partial charge is 0.0431 e. The van der Waals surface area contributed by atoms with Crippen LogP contribution in [-0.2, 0) is 0 Å². The Labute approximate surface area is 121 Å². The highest BCUT2D eigenvalue weighted by Gasteiger charge is 2.34. The minimum Gasteiger partial charge on any atom is -0.396 e. The van der Waals surface area contributed by atoms with E-state index in [1.807, 2.05) is 0 Å². The first-order valence-electron chi connectivity index (χ1n) is 8.99. The number of rotatable bonds is 14. The van der Waals surface area contributed by atoms with Crippen LogP contribution >= 0.6 is 0 Å². The molecule has 0 aromatic carbocycles. The fourth-order valence-electron chi connectivity index (χ4n) is 3.25. The van der Waals surface area contributed by atoms with Crippen molar-refractivity contribution in [3.05, 3.63) is 0 Å². The summed E-state index contributed by atoms with van der Waals surface area (Å²) in [7, 11) is 0. The van der Waals surface area contributed by atoms with Gasteiger partial charge in [0.25, 0.3) is 0 Å². The topological polar surface area (TPSA) is 20.2 Å². The zero-order chi connectivity index (χ0) is 13.8. The van der Waals surface area contributed by atoms with Gasteiger partial charge in [0.15, 0.2) is 0 Å². The van der Waals surface area contributed by atoms with Gasteiger partial charge in [0.1, 0.15) is 0 Å². The van der Waals surface area contributed by atoms with Crippen LogP contribution < -0.4 is 0 Å². The van der Waals surface area contributed by atoms with Crippen LogP contribution in [-0.4, -0.2) is 11.7 Å². The Kier molecular flexibility index (Phi) is 10.5. The molecule has 1 heteroatoms. The van der Waals surface area contributed by atoms with Crippen LogP contribution in [0.2, 0.25) is 0 Å². The lowest BCUT2D eigenvalue weighted by Crippen LogP contribution is -1.88. The molecule has 2 atom stereocenters. The van der Waals surface area contributed by atoms with Crippen molar-refractivity contribution in [1.29, 1.82) is 0 Å². The van der Waals surface area contributed by atoms with Crippen LogP contribution in [0.5, 0.6) is 0 Å². The maximum atomic E-state index is 8.73. The van der Waals surface area contributed by atoms with Crippen LogP contribution in [0.1, 0.15) is 96.8 Å². The molecule has 1 nitrogen and oxygen atoms in total. The summed E-state index contributed by atoms with van der Waals surface area (Å²) in [6.45, 7) is 2.67. The van der Waals surface area contributed by atoms with Gasteiger partial charge in [-0.25, -0.2) is 0 Å². The second-order valence-electron chi connectivity index (χ2n) is 6.59. The third-order valence-electron chi connectivity index (χ3n) is 4.73. The Morgan fingerprint density at radius 2 is 1.16 bits per heavy atom. The first kappa shape index (κ1) is 17.0. The molecule has 0 aromatic heterocycles. The molecule has 1 saturated carbocycles. The average Bonchev–Trinajstić information content (AvgIpc) is 3.16. The average molecular weight is 268 g/mol. The summed E-state index contributed by atoms with van der Waals surface area (Å²) in [4.78, 5) is 0.